The number of nitrogens with one attached hydrogen (secondary N) is 1. The smallest absolute Gasteiger partial charge is 0.333 e. The van der Waals surface area contributed by atoms with Gasteiger partial charge in [0.15, 0.2) is 4.90 Å². The average Bonchev–Trinajstić information content (AvgIpc) is 3.03. The number of unbranched alkanes of at least 4 members (excludes halogenated alkanes) is 2. The molecule has 0 bridgehead atoms. The van der Waals surface area contributed by atoms with Gasteiger partial charge in [0.05, 0.1) is 0 Å². The molecule has 0 unspecified atom stereocenters. The first-order chi connectivity index (χ1) is 15.2. The summed E-state index contributed by atoms with van der Waals surface area (Å²) in [7, 11) is -1.73. The molecule has 0 saturated carbocycles. The Labute approximate surface area is 192 Å². The van der Waals surface area contributed by atoms with Gasteiger partial charge in [0.25, 0.3) is 16.0 Å². The highest BCUT2D eigenvalue weighted by Gasteiger charge is 2.25. The SMILES string of the molecule is O=C(CCSSc1ccccn1)NCCCCCC(=O)On1c(O)cc(S(=O)(=O)O)c1O. The molecule has 2 aromatic heterocycles. The largest absolute Gasteiger partial charge is 0.492 e. The minimum atomic E-state index is -4.79. The van der Waals surface area contributed by atoms with Gasteiger partial charge in [-0.2, -0.15) is 8.42 Å². The van der Waals surface area contributed by atoms with Crippen molar-refractivity contribution in [3.63, 3.8) is 0 Å². The number of carbonyl (C=O) groups is 2. The van der Waals surface area contributed by atoms with Crippen molar-refractivity contribution in [1.29, 1.82) is 0 Å². The van der Waals surface area contributed by atoms with E-state index in [1.54, 1.807) is 17.0 Å². The van der Waals surface area contributed by atoms with Crippen LogP contribution in [0.4, 0.5) is 0 Å². The summed E-state index contributed by atoms with van der Waals surface area (Å²) in [5.74, 6) is -2.20. The van der Waals surface area contributed by atoms with Crippen LogP contribution in [0.15, 0.2) is 40.4 Å². The van der Waals surface area contributed by atoms with Gasteiger partial charge in [0.1, 0.15) is 5.03 Å². The summed E-state index contributed by atoms with van der Waals surface area (Å²) in [4.78, 5) is 31.5. The molecule has 2 rings (SSSR count). The first kappa shape index (κ1) is 25.8. The van der Waals surface area contributed by atoms with E-state index in [1.807, 2.05) is 18.2 Å². The van der Waals surface area contributed by atoms with Crippen LogP contribution in [-0.2, 0) is 19.7 Å². The minimum absolute atomic E-state index is 0.0619. The molecule has 1 amide bonds. The van der Waals surface area contributed by atoms with E-state index in [-0.39, 0.29) is 17.1 Å². The van der Waals surface area contributed by atoms with Crippen LogP contribution >= 0.6 is 21.6 Å². The Hall–Kier alpha value is -2.42. The molecule has 0 saturated heterocycles. The molecule has 0 aliphatic rings. The van der Waals surface area contributed by atoms with Gasteiger partial charge >= 0.3 is 5.97 Å². The predicted molar refractivity (Wildman–Crippen MR) is 118 cm³/mol. The van der Waals surface area contributed by atoms with E-state index in [2.05, 4.69) is 10.3 Å². The van der Waals surface area contributed by atoms with Crippen LogP contribution in [0.2, 0.25) is 0 Å². The zero-order chi connectivity index (χ0) is 23.6. The number of hydrogen-bond donors (Lipinski definition) is 4. The molecule has 176 valence electrons. The standard InChI is InChI=1S/C18H23N3O8S3/c22-14(8-11-30-31-15-6-3-5-10-20-15)19-9-4-1-2-7-17(24)29-21-16(23)12-13(18(21)25)32(26,27)28/h3,5-6,10,12,23,25H,1-2,4,7-9,11H2,(H,19,22)(H,26,27,28). The number of hydrogen-bond acceptors (Lipinski definition) is 10. The molecular formula is C18H23N3O8S3. The average molecular weight is 506 g/mol. The number of carbonyl (C=O) groups excluding carboxylic acids is 2. The summed E-state index contributed by atoms with van der Waals surface area (Å²) in [5, 5.41) is 22.9. The Morgan fingerprint density at radius 2 is 1.94 bits per heavy atom. The Morgan fingerprint density at radius 1 is 1.16 bits per heavy atom. The third-order valence-corrected chi connectivity index (χ3v) is 7.05. The number of aromatic hydroxyl groups is 2. The van der Waals surface area contributed by atoms with Crippen LogP contribution in [0.25, 0.3) is 0 Å². The Morgan fingerprint density at radius 3 is 2.59 bits per heavy atom. The number of rotatable bonds is 13. The van der Waals surface area contributed by atoms with Gasteiger partial charge in [0, 0.05) is 37.4 Å². The molecule has 32 heavy (non-hydrogen) atoms. The van der Waals surface area contributed by atoms with Crippen molar-refractivity contribution >= 4 is 43.6 Å². The van der Waals surface area contributed by atoms with Crippen molar-refractivity contribution in [2.24, 2.45) is 0 Å². The molecule has 0 aromatic carbocycles. The molecule has 0 fully saturated rings. The van der Waals surface area contributed by atoms with E-state index in [0.29, 0.717) is 44.0 Å². The van der Waals surface area contributed by atoms with E-state index < -0.39 is 32.7 Å². The summed E-state index contributed by atoms with van der Waals surface area (Å²) in [6, 6.07) is 6.19. The number of pyridine rings is 1. The van der Waals surface area contributed by atoms with Crippen molar-refractivity contribution in [2.45, 2.75) is 42.0 Å². The van der Waals surface area contributed by atoms with E-state index in [1.165, 1.54) is 10.8 Å². The molecule has 4 N–H and O–H groups in total. The second-order valence-electron chi connectivity index (χ2n) is 6.41. The second kappa shape index (κ2) is 12.6. The zero-order valence-corrected chi connectivity index (χ0v) is 19.3. The summed E-state index contributed by atoms with van der Waals surface area (Å²) in [6.07, 6.45) is 3.70. The van der Waals surface area contributed by atoms with Crippen molar-refractivity contribution in [1.82, 2.24) is 15.0 Å². The molecule has 11 nitrogen and oxygen atoms in total. The van der Waals surface area contributed by atoms with Gasteiger partial charge < -0.3 is 20.4 Å². The summed E-state index contributed by atoms with van der Waals surface area (Å²) >= 11 is 0. The Balaban J connectivity index is 1.56. The summed E-state index contributed by atoms with van der Waals surface area (Å²) in [6.45, 7) is 0.461. The molecule has 0 aliphatic heterocycles. The second-order valence-corrected chi connectivity index (χ2v) is 10.2. The summed E-state index contributed by atoms with van der Waals surface area (Å²) in [5.41, 5.74) is 0. The van der Waals surface area contributed by atoms with Gasteiger partial charge in [0.2, 0.25) is 11.8 Å². The number of aromatic nitrogens is 2. The van der Waals surface area contributed by atoms with Gasteiger partial charge in [-0.25, -0.2) is 9.78 Å². The molecular weight excluding hydrogens is 482 g/mol. The lowest BCUT2D eigenvalue weighted by atomic mass is 10.2. The maximum absolute atomic E-state index is 11.8. The van der Waals surface area contributed by atoms with E-state index in [0.717, 1.165) is 5.03 Å². The first-order valence-corrected chi connectivity index (χ1v) is 13.2. The maximum Gasteiger partial charge on any atom is 0.333 e. The van der Waals surface area contributed by atoms with Crippen molar-refractivity contribution in [2.75, 3.05) is 12.3 Å². The van der Waals surface area contributed by atoms with Crippen LogP contribution in [0.3, 0.4) is 0 Å². The highest BCUT2D eigenvalue weighted by atomic mass is 33.1. The van der Waals surface area contributed by atoms with Crippen LogP contribution in [0.5, 0.6) is 11.8 Å². The van der Waals surface area contributed by atoms with Crippen molar-refractivity contribution in [3.05, 3.63) is 30.5 Å². The van der Waals surface area contributed by atoms with E-state index in [9.17, 15) is 28.2 Å². The third kappa shape index (κ3) is 8.61. The molecule has 2 aromatic rings. The zero-order valence-electron chi connectivity index (χ0n) is 16.8. The quantitative estimate of drug-likeness (QED) is 0.178. The van der Waals surface area contributed by atoms with Crippen molar-refractivity contribution in [3.8, 4) is 11.8 Å². The lowest BCUT2D eigenvalue weighted by Gasteiger charge is -2.07. The van der Waals surface area contributed by atoms with Crippen LogP contribution in [-0.4, -0.2) is 57.1 Å². The number of nitrogens with zero attached hydrogens (tertiary/aromatic N) is 2. The topological polar surface area (TPSA) is 168 Å². The highest BCUT2D eigenvalue weighted by Crippen LogP contribution is 2.30. The third-order valence-electron chi connectivity index (χ3n) is 3.93. The van der Waals surface area contributed by atoms with Crippen LogP contribution in [0.1, 0.15) is 32.1 Å². The predicted octanol–water partition coefficient (Wildman–Crippen LogP) is 2.00. The Kier molecular flexibility index (Phi) is 10.2. The van der Waals surface area contributed by atoms with Gasteiger partial charge in [-0.3, -0.25) is 9.35 Å². The van der Waals surface area contributed by atoms with Gasteiger partial charge in [-0.1, -0.05) is 23.3 Å². The molecule has 0 atom stereocenters. The van der Waals surface area contributed by atoms with Crippen LogP contribution < -0.4 is 10.2 Å². The lowest BCUT2D eigenvalue weighted by molar-refractivity contribution is -0.145. The molecule has 2 heterocycles. The minimum Gasteiger partial charge on any atom is -0.492 e. The number of amides is 1. The fourth-order valence-corrected chi connectivity index (χ4v) is 4.83. The van der Waals surface area contributed by atoms with Crippen molar-refractivity contribution < 1.29 is 37.6 Å². The first-order valence-electron chi connectivity index (χ1n) is 9.48. The molecule has 0 aliphatic carbocycles. The normalized spacial score (nSPS) is 11.3. The van der Waals surface area contributed by atoms with Gasteiger partial charge in [-0.15, -0.1) is 4.73 Å². The van der Waals surface area contributed by atoms with E-state index >= 15 is 0 Å². The highest BCUT2D eigenvalue weighted by molar-refractivity contribution is 8.76. The monoisotopic (exact) mass is 505 g/mol. The van der Waals surface area contributed by atoms with Crippen LogP contribution in [0, 0.1) is 0 Å². The fourth-order valence-electron chi connectivity index (χ4n) is 2.40. The maximum atomic E-state index is 11.8. The fraction of sp³-hybridized carbons (Fsp3) is 0.389. The summed E-state index contributed by atoms with van der Waals surface area (Å²) < 4.78 is 31.3. The van der Waals surface area contributed by atoms with E-state index in [4.69, 9.17) is 9.39 Å². The molecule has 0 spiro atoms. The molecule has 0 radical (unpaired) electrons. The molecule has 14 heteroatoms. The lowest BCUT2D eigenvalue weighted by Crippen LogP contribution is -2.24. The Bertz CT molecular complexity index is 1010. The van der Waals surface area contributed by atoms with Gasteiger partial charge in [-0.05, 0) is 35.8 Å².